The quantitative estimate of drug-likeness (QED) is 0.762. The molecule has 1 heterocycles. The zero-order valence-electron chi connectivity index (χ0n) is 11.2. The highest BCUT2D eigenvalue weighted by molar-refractivity contribution is 7.80. The number of carbonyl (C=O) groups excluding carboxylic acids is 1. The minimum atomic E-state index is -0.722. The van der Waals surface area contributed by atoms with Gasteiger partial charge in [-0.1, -0.05) is 12.2 Å². The van der Waals surface area contributed by atoms with Gasteiger partial charge in [-0.25, -0.2) is 0 Å². The van der Waals surface area contributed by atoms with Gasteiger partial charge in [0.2, 0.25) is 5.91 Å². The van der Waals surface area contributed by atoms with Crippen LogP contribution in [0.3, 0.4) is 0 Å². The van der Waals surface area contributed by atoms with E-state index in [4.69, 9.17) is 18.0 Å². The van der Waals surface area contributed by atoms with Crippen LogP contribution in [0.4, 0.5) is 0 Å². The fourth-order valence-electron chi connectivity index (χ4n) is 2.09. The molecule has 17 heavy (non-hydrogen) atoms. The molecule has 98 valence electrons. The Kier molecular flexibility index (Phi) is 4.49. The number of rotatable bonds is 3. The van der Waals surface area contributed by atoms with Crippen molar-refractivity contribution in [1.82, 2.24) is 9.80 Å². The second-order valence-electron chi connectivity index (χ2n) is 5.48. The van der Waals surface area contributed by atoms with Crippen LogP contribution < -0.4 is 5.73 Å². The Balaban J connectivity index is 2.60. The molecule has 1 aliphatic heterocycles. The molecule has 2 N–H and O–H groups in total. The maximum Gasteiger partial charge on any atom is 0.235 e. The first-order chi connectivity index (χ1) is 7.76. The van der Waals surface area contributed by atoms with Crippen LogP contribution in [0.5, 0.6) is 0 Å². The Morgan fingerprint density at radius 2 is 1.82 bits per heavy atom. The average molecular weight is 257 g/mol. The van der Waals surface area contributed by atoms with Gasteiger partial charge in [0, 0.05) is 19.1 Å². The minimum Gasteiger partial charge on any atom is -0.392 e. The molecule has 0 atom stereocenters. The van der Waals surface area contributed by atoms with Crippen molar-refractivity contribution in [2.24, 2.45) is 11.1 Å². The molecule has 0 saturated carbocycles. The Bertz CT molecular complexity index is 307. The molecule has 1 amide bonds. The number of carbonyl (C=O) groups is 1. The van der Waals surface area contributed by atoms with Gasteiger partial charge in [0.1, 0.15) is 0 Å². The lowest BCUT2D eigenvalue weighted by Crippen LogP contribution is -2.51. The number of hydrogen-bond donors (Lipinski definition) is 1. The van der Waals surface area contributed by atoms with Crippen LogP contribution in [0.15, 0.2) is 0 Å². The monoisotopic (exact) mass is 257 g/mol. The molecule has 0 aliphatic carbocycles. The lowest BCUT2D eigenvalue weighted by Gasteiger charge is -2.38. The first-order valence-corrected chi connectivity index (χ1v) is 6.43. The van der Waals surface area contributed by atoms with Crippen molar-refractivity contribution in [3.8, 4) is 0 Å². The van der Waals surface area contributed by atoms with Crippen molar-refractivity contribution in [3.63, 3.8) is 0 Å². The average Bonchev–Trinajstić information content (AvgIpc) is 2.27. The number of thiocarbonyl (C=S) groups is 1. The smallest absolute Gasteiger partial charge is 0.235 e. The van der Waals surface area contributed by atoms with E-state index >= 15 is 0 Å². The fraction of sp³-hybridized carbons (Fsp3) is 0.833. The lowest BCUT2D eigenvalue weighted by atomic mass is 9.90. The molecule has 4 nitrogen and oxygen atoms in total. The summed E-state index contributed by atoms with van der Waals surface area (Å²) in [6.45, 7) is 5.20. The number of nitrogens with two attached hydrogens (primary N) is 1. The minimum absolute atomic E-state index is 0.0576. The molecule has 5 heteroatoms. The zero-order chi connectivity index (χ0) is 13.2. The predicted molar refractivity (Wildman–Crippen MR) is 73.9 cm³/mol. The van der Waals surface area contributed by atoms with Gasteiger partial charge in [0.05, 0.1) is 10.4 Å². The Hall–Kier alpha value is -0.680. The molecule has 0 aromatic heterocycles. The molecule has 0 spiro atoms. The van der Waals surface area contributed by atoms with Crippen molar-refractivity contribution in [2.75, 3.05) is 27.2 Å². The van der Waals surface area contributed by atoms with Crippen LogP contribution in [-0.2, 0) is 4.79 Å². The molecule has 0 aromatic rings. The van der Waals surface area contributed by atoms with Crippen LogP contribution in [0.25, 0.3) is 0 Å². The van der Waals surface area contributed by atoms with E-state index in [1.165, 1.54) is 0 Å². The first-order valence-electron chi connectivity index (χ1n) is 6.02. The number of amides is 1. The van der Waals surface area contributed by atoms with E-state index in [0.29, 0.717) is 6.04 Å². The van der Waals surface area contributed by atoms with Crippen molar-refractivity contribution in [3.05, 3.63) is 0 Å². The number of likely N-dealkylation sites (tertiary alicyclic amines) is 1. The molecule has 0 bridgehead atoms. The summed E-state index contributed by atoms with van der Waals surface area (Å²) >= 11 is 4.96. The third-order valence-corrected chi connectivity index (χ3v) is 4.14. The summed E-state index contributed by atoms with van der Waals surface area (Å²) in [6, 6.07) is 0.576. The Morgan fingerprint density at radius 3 is 2.18 bits per heavy atom. The van der Waals surface area contributed by atoms with Crippen molar-refractivity contribution < 1.29 is 4.79 Å². The molecule has 1 saturated heterocycles. The first kappa shape index (κ1) is 14.4. The third kappa shape index (κ3) is 3.16. The third-order valence-electron chi connectivity index (χ3n) is 3.63. The summed E-state index contributed by atoms with van der Waals surface area (Å²) in [5, 5.41) is 0. The Morgan fingerprint density at radius 1 is 1.35 bits per heavy atom. The predicted octanol–water partition coefficient (Wildman–Crippen LogP) is 0.851. The van der Waals surface area contributed by atoms with Gasteiger partial charge in [0.25, 0.3) is 0 Å². The van der Waals surface area contributed by atoms with Crippen molar-refractivity contribution >= 4 is 23.1 Å². The van der Waals surface area contributed by atoms with E-state index < -0.39 is 5.41 Å². The van der Waals surface area contributed by atoms with Crippen LogP contribution in [0.2, 0.25) is 0 Å². The molecule has 0 radical (unpaired) electrons. The van der Waals surface area contributed by atoms with E-state index in [1.807, 2.05) is 4.90 Å². The van der Waals surface area contributed by atoms with Gasteiger partial charge in [-0.3, -0.25) is 4.79 Å². The highest BCUT2D eigenvalue weighted by Crippen LogP contribution is 2.23. The van der Waals surface area contributed by atoms with E-state index in [0.717, 1.165) is 25.9 Å². The summed E-state index contributed by atoms with van der Waals surface area (Å²) in [7, 11) is 4.17. The van der Waals surface area contributed by atoms with Crippen LogP contribution in [0, 0.1) is 5.41 Å². The van der Waals surface area contributed by atoms with Crippen LogP contribution >= 0.6 is 12.2 Å². The van der Waals surface area contributed by atoms with E-state index in [-0.39, 0.29) is 10.9 Å². The maximum absolute atomic E-state index is 12.3. The van der Waals surface area contributed by atoms with Gasteiger partial charge in [-0.2, -0.15) is 0 Å². The Labute approximate surface area is 109 Å². The number of piperidine rings is 1. The van der Waals surface area contributed by atoms with Crippen molar-refractivity contribution in [1.29, 1.82) is 0 Å². The summed E-state index contributed by atoms with van der Waals surface area (Å²) in [6.07, 6.45) is 2.04. The second kappa shape index (κ2) is 5.31. The van der Waals surface area contributed by atoms with E-state index in [9.17, 15) is 4.79 Å². The highest BCUT2D eigenvalue weighted by atomic mass is 32.1. The molecule has 1 fully saturated rings. The summed E-state index contributed by atoms with van der Waals surface area (Å²) in [4.78, 5) is 16.7. The van der Waals surface area contributed by atoms with E-state index in [2.05, 4.69) is 19.0 Å². The molecule has 0 aromatic carbocycles. The normalized spacial score (nSPS) is 18.5. The number of hydrogen-bond acceptors (Lipinski definition) is 3. The molecule has 1 rings (SSSR count). The van der Waals surface area contributed by atoms with Crippen molar-refractivity contribution in [2.45, 2.75) is 32.7 Å². The standard InChI is InChI=1S/C12H23N3OS/c1-12(2,10(13)17)11(16)15-7-5-9(6-8-15)14(3)4/h9H,5-8H2,1-4H3,(H2,13,17). The summed E-state index contributed by atoms with van der Waals surface area (Å²) in [5.41, 5.74) is 4.91. The van der Waals surface area contributed by atoms with E-state index in [1.54, 1.807) is 13.8 Å². The van der Waals surface area contributed by atoms with Gasteiger partial charge >= 0.3 is 0 Å². The summed E-state index contributed by atoms with van der Waals surface area (Å²) < 4.78 is 0. The van der Waals surface area contributed by atoms with Gasteiger partial charge in [0.15, 0.2) is 0 Å². The maximum atomic E-state index is 12.3. The molecular weight excluding hydrogens is 234 g/mol. The SMILES string of the molecule is CN(C)C1CCN(C(=O)C(C)(C)C(N)=S)CC1. The van der Waals surface area contributed by atoms with Crippen LogP contribution in [0.1, 0.15) is 26.7 Å². The zero-order valence-corrected chi connectivity index (χ0v) is 12.0. The second-order valence-corrected chi connectivity index (χ2v) is 5.92. The van der Waals surface area contributed by atoms with Crippen LogP contribution in [-0.4, -0.2) is 53.9 Å². The summed E-state index contributed by atoms with van der Waals surface area (Å²) in [5.74, 6) is 0.0576. The topological polar surface area (TPSA) is 49.6 Å². The number of nitrogens with zero attached hydrogens (tertiary/aromatic N) is 2. The fourth-order valence-corrected chi connectivity index (χ4v) is 2.17. The highest BCUT2D eigenvalue weighted by Gasteiger charge is 2.36. The largest absolute Gasteiger partial charge is 0.392 e. The van der Waals surface area contributed by atoms with Gasteiger partial charge in [-0.15, -0.1) is 0 Å². The van der Waals surface area contributed by atoms with Gasteiger partial charge in [-0.05, 0) is 40.8 Å². The molecular formula is C12H23N3OS. The molecule has 0 unspecified atom stereocenters. The lowest BCUT2D eigenvalue weighted by molar-refractivity contribution is -0.138. The van der Waals surface area contributed by atoms with Gasteiger partial charge < -0.3 is 15.5 Å². The molecule has 1 aliphatic rings.